The molecule has 0 bridgehead atoms. The number of thioether (sulfide) groups is 1. The second-order valence-electron chi connectivity index (χ2n) is 34.5. The number of aromatic hydroxyl groups is 3. The molecule has 10 rings (SSSR count). The van der Waals surface area contributed by atoms with Crippen LogP contribution in [0, 0.1) is 16.7 Å². The van der Waals surface area contributed by atoms with Crippen LogP contribution in [0.4, 0.5) is 0 Å². The average Bonchev–Trinajstić information content (AvgIpc) is 1.82. The van der Waals surface area contributed by atoms with E-state index in [4.69, 9.17) is 33.8 Å². The number of phenols is 3. The van der Waals surface area contributed by atoms with Crippen LogP contribution in [-0.4, -0.2) is 269 Å². The number of fused-ring (bicyclic) bond motifs is 3. The molecule has 1 fully saturated rings. The first kappa shape index (κ1) is 108. The van der Waals surface area contributed by atoms with E-state index in [0.717, 1.165) is 18.7 Å². The molecule has 1 saturated heterocycles. The molecule has 46 nitrogen and oxygen atoms in total. The molecule has 0 spiro atoms. The van der Waals surface area contributed by atoms with Crippen molar-refractivity contribution in [3.05, 3.63) is 198 Å². The van der Waals surface area contributed by atoms with Gasteiger partial charge in [0.05, 0.1) is 31.4 Å². The van der Waals surface area contributed by atoms with Crippen molar-refractivity contribution in [3.63, 3.8) is 0 Å². The number of nitrogens with two attached hydrogens (primary N) is 4. The predicted molar refractivity (Wildman–Crippen MR) is 522 cm³/mol. The van der Waals surface area contributed by atoms with Gasteiger partial charge >= 0.3 is 0 Å². The molecule has 16 amide bonds. The van der Waals surface area contributed by atoms with Crippen molar-refractivity contribution < 1.29 is 102 Å². The van der Waals surface area contributed by atoms with Crippen LogP contribution >= 0.6 is 11.8 Å². The van der Waals surface area contributed by atoms with Crippen molar-refractivity contribution >= 4 is 151 Å². The van der Waals surface area contributed by atoms with E-state index in [1.54, 1.807) is 91.4 Å². The summed E-state index contributed by atoms with van der Waals surface area (Å²) in [6.07, 6.45) is -1.04. The largest absolute Gasteiger partial charge is 0.508 e. The van der Waals surface area contributed by atoms with Crippen molar-refractivity contribution in [1.82, 2.24) is 100 Å². The van der Waals surface area contributed by atoms with Gasteiger partial charge in [0.1, 0.15) is 95.8 Å². The molecule has 0 unspecified atom stereocenters. The highest BCUT2D eigenvalue weighted by molar-refractivity contribution is 8.00. The Hall–Kier alpha value is -16.3. The maximum atomic E-state index is 15.7. The fraction of sp³-hybridized carbons (Fsp3) is 0.368. The first-order chi connectivity index (χ1) is 67.8. The molecule has 0 aliphatic carbocycles. The van der Waals surface area contributed by atoms with Gasteiger partial charge in [0.25, 0.3) is 0 Å². The minimum atomic E-state index is -2.09. The molecule has 3 aromatic heterocycles. The van der Waals surface area contributed by atoms with Crippen LogP contribution in [0.2, 0.25) is 0 Å². The lowest BCUT2D eigenvalue weighted by Crippen LogP contribution is -2.62. The van der Waals surface area contributed by atoms with E-state index in [2.05, 4.69) is 100 Å². The van der Waals surface area contributed by atoms with Gasteiger partial charge in [-0.05, 0) is 127 Å². The second-order valence-corrected chi connectivity index (χ2v) is 35.5. The third-order valence-corrected chi connectivity index (χ3v) is 24.3. The summed E-state index contributed by atoms with van der Waals surface area (Å²) in [5, 5.41) is 111. The van der Waals surface area contributed by atoms with Crippen molar-refractivity contribution in [2.45, 2.75) is 176 Å². The van der Waals surface area contributed by atoms with Crippen molar-refractivity contribution in [3.8, 4) is 17.2 Å². The van der Waals surface area contributed by atoms with Crippen molar-refractivity contribution in [2.24, 2.45) is 28.9 Å². The highest BCUT2D eigenvalue weighted by Gasteiger charge is 2.40. The van der Waals surface area contributed by atoms with E-state index in [0.29, 0.717) is 60.5 Å². The van der Waals surface area contributed by atoms with Gasteiger partial charge in [-0.25, -0.2) is 0 Å². The molecule has 1 aliphatic rings. The van der Waals surface area contributed by atoms with E-state index in [-0.39, 0.29) is 93.7 Å². The van der Waals surface area contributed by atoms with Crippen LogP contribution in [0.15, 0.2) is 164 Å². The van der Waals surface area contributed by atoms with Crippen LogP contribution in [0.5, 0.6) is 17.2 Å². The van der Waals surface area contributed by atoms with Crippen molar-refractivity contribution in [1.29, 1.82) is 10.8 Å². The van der Waals surface area contributed by atoms with Gasteiger partial charge in [0, 0.05) is 109 Å². The number of carbonyl (C=O) groups excluding carboxylic acids is 16. The predicted octanol–water partition coefficient (Wildman–Crippen LogP) is -3.91. The maximum absolute atomic E-state index is 15.7. The Morgan fingerprint density at radius 2 is 0.711 bits per heavy atom. The summed E-state index contributed by atoms with van der Waals surface area (Å²) in [5.41, 5.74) is 27.1. The van der Waals surface area contributed by atoms with Crippen LogP contribution in [0.3, 0.4) is 0 Å². The molecular formula is C95H119N25O21S. The molecule has 0 radical (unpaired) electrons. The second kappa shape index (κ2) is 51.9. The lowest BCUT2D eigenvalue weighted by Gasteiger charge is -2.29. The SMILES string of the molecule is CC(C)[C@@H]1NC(=O)[C@@H](Cc2ccc(O)cc2)NC(=O)CSC[C@@H](C(N)=O)NC(=O)[C@H](Cc2c[nH]c3ccccc23)NC(=O)[C@H](Cc2ccc(O)cc2)NC(=O)[C@H](Cc2c[nH]c3ccccc23)NC(=O)[C@H](CCCNC(=N)N)NC(=O)[C@H](Cc2c[nH]c3ccccc23)NC(=O)CNC(=O)[C@H](CO)NC(=O)[C@H](CCCNC(=N)N)NC(=O)[C@H]([C@@H](C)O)NC(=O)[C@H](CC(N)=O)NC(=O)[C@H](Cc2ccc(O)cc2)NC1=O. The van der Waals surface area contributed by atoms with Crippen LogP contribution in [-0.2, 0) is 115 Å². The lowest BCUT2D eigenvalue weighted by molar-refractivity contribution is -0.138. The van der Waals surface area contributed by atoms with Gasteiger partial charge in [-0.3, -0.25) is 87.5 Å². The zero-order valence-corrected chi connectivity index (χ0v) is 78.6. The number of aliphatic hydroxyl groups excluding tert-OH is 2. The van der Waals surface area contributed by atoms with E-state index in [1.807, 2.05) is 0 Å². The van der Waals surface area contributed by atoms with Gasteiger partial charge in [-0.15, -0.1) is 11.8 Å². The smallest absolute Gasteiger partial charge is 0.245 e. The van der Waals surface area contributed by atoms with Crippen molar-refractivity contribution in [2.75, 3.05) is 37.7 Å². The van der Waals surface area contributed by atoms with E-state index in [1.165, 1.54) is 86.6 Å². The van der Waals surface area contributed by atoms with Gasteiger partial charge < -0.3 is 148 Å². The fourth-order valence-electron chi connectivity index (χ4n) is 15.7. The minimum Gasteiger partial charge on any atom is -0.508 e. The molecule has 0 saturated carbocycles. The number of aliphatic hydroxyl groups is 2. The monoisotopic (exact) mass is 1980 g/mol. The summed E-state index contributed by atoms with van der Waals surface area (Å²) in [7, 11) is 0. The molecule has 756 valence electrons. The Morgan fingerprint density at radius 1 is 0.387 bits per heavy atom. The number of phenolic OH excluding ortho intramolecular Hbond substituents is 3. The maximum Gasteiger partial charge on any atom is 0.245 e. The standard InChI is InChI=1S/C95H119N25O21S/c1-48(2)79-92(140)116-69(36-52-24-30-58(125)31-25-52)86(134)115-73(40-76(96)126)91(139)120-80(49(3)122)93(141)111-66(19-11-33-103-95(100)101)84(132)117-74(45-121)82(130)107-44-77(127)108-70(37-53-41-104-62-15-7-4-12-59(53)62)87(135)110-65(18-10-32-102-94(98)99)83(131)113-71(38-54-42-105-63-16-8-5-13-60(54)63)88(136)112-68(35-51-22-28-57(124)29-23-51)85(133)114-72(39-55-43-106-64-17-9-6-14-61(55)64)89(137)118-75(81(97)129)46-142-47-78(128)109-67(90(138)119-79)34-50-20-26-56(123)27-21-50/h4-9,12-17,20-31,41-43,48-49,65-75,79-80,104-106,121-125H,10-11,18-19,32-40,44-47H2,1-3H3,(H2,96,126)(H2,97,129)(H,107,130)(H,108,127)(H,109,128)(H,110,135)(H,111,141)(H,112,136)(H,113,131)(H,114,133)(H,115,134)(H,116,140)(H,117,132)(H,118,137)(H,119,138)(H,120,139)(H4,98,99,102)(H4,100,101,103)/t49-,65+,66+,67-,68+,69+,70+,71+,72+,73+,74+,75+,79+,80+/m1/s1. The Morgan fingerprint density at radius 3 is 1.11 bits per heavy atom. The Kier molecular flexibility index (Phi) is 39.4. The molecule has 9 aromatic rings. The number of nitrogens with one attached hydrogen (secondary N) is 21. The van der Waals surface area contributed by atoms with E-state index in [9.17, 15) is 78.3 Å². The Labute approximate surface area is 817 Å². The lowest BCUT2D eigenvalue weighted by atomic mass is 9.99. The summed E-state index contributed by atoms with van der Waals surface area (Å²) in [6.45, 7) is 1.72. The van der Waals surface area contributed by atoms with Crippen LogP contribution in [0.1, 0.15) is 86.3 Å². The number of aromatic nitrogens is 3. The number of para-hydroxylation sites is 3. The zero-order chi connectivity index (χ0) is 103. The number of H-pyrrole nitrogens is 3. The average molecular weight is 1980 g/mol. The van der Waals surface area contributed by atoms with Crippen LogP contribution in [0.25, 0.3) is 32.7 Å². The highest BCUT2D eigenvalue weighted by Crippen LogP contribution is 2.26. The van der Waals surface area contributed by atoms with E-state index >= 15 is 24.0 Å². The van der Waals surface area contributed by atoms with Crippen LogP contribution < -0.4 is 108 Å². The molecule has 6 aromatic carbocycles. The molecule has 14 atom stereocenters. The van der Waals surface area contributed by atoms with E-state index < -0.39 is 234 Å². The summed E-state index contributed by atoms with van der Waals surface area (Å²) in [4.78, 5) is 245. The minimum absolute atomic E-state index is 0.0167. The number of benzene rings is 6. The third kappa shape index (κ3) is 32.1. The number of carbonyl (C=O) groups is 16. The molecule has 47 heteroatoms. The third-order valence-electron chi connectivity index (χ3n) is 23.3. The highest BCUT2D eigenvalue weighted by atomic mass is 32.2. The summed E-state index contributed by atoms with van der Waals surface area (Å²) >= 11 is 0.760. The molecular weight excluding hydrogens is 1860 g/mol. The molecule has 142 heavy (non-hydrogen) atoms. The first-order valence-corrected chi connectivity index (χ1v) is 46.7. The number of rotatable bonds is 26. The summed E-state index contributed by atoms with van der Waals surface area (Å²) in [6, 6.07) is 14.4. The molecule has 1 aliphatic heterocycles. The van der Waals surface area contributed by atoms with Gasteiger partial charge in [0.15, 0.2) is 11.9 Å². The van der Waals surface area contributed by atoms with Gasteiger partial charge in [-0.1, -0.05) is 105 Å². The topological polar surface area (TPSA) is 766 Å². The first-order valence-electron chi connectivity index (χ1n) is 45.6. The Bertz CT molecular complexity index is 6030. The zero-order valence-electron chi connectivity index (χ0n) is 77.8. The Balaban J connectivity index is 1.03. The summed E-state index contributed by atoms with van der Waals surface area (Å²) in [5.74, 6) is -21.1. The summed E-state index contributed by atoms with van der Waals surface area (Å²) < 4.78 is 0. The number of amides is 16. The number of hydrogen-bond acceptors (Lipinski definition) is 24. The number of guanidine groups is 2. The number of aromatic amines is 3. The molecule has 34 N–H and O–H groups in total. The number of primary amides is 2. The quantitative estimate of drug-likeness (QED) is 0.0140. The normalized spacial score (nSPS) is 22.1. The van der Waals surface area contributed by atoms with Gasteiger partial charge in [-0.2, -0.15) is 0 Å². The fourth-order valence-corrected chi connectivity index (χ4v) is 16.6. The van der Waals surface area contributed by atoms with Gasteiger partial charge in [0.2, 0.25) is 94.5 Å². The number of hydrogen-bond donors (Lipinski definition) is 30. The molecule has 4 heterocycles.